The van der Waals surface area contributed by atoms with Crippen LogP contribution in [0.4, 0.5) is 4.79 Å². The molecule has 2 atom stereocenters. The molecule has 2 amide bonds. The summed E-state index contributed by atoms with van der Waals surface area (Å²) in [5.41, 5.74) is 0. The Kier molecular flexibility index (Phi) is 5.85. The Morgan fingerprint density at radius 3 is 1.75 bits per heavy atom. The molecular formula is C11H22N2O3. The molecular weight excluding hydrogens is 208 g/mol. The van der Waals surface area contributed by atoms with Gasteiger partial charge in [0.1, 0.15) is 6.04 Å². The summed E-state index contributed by atoms with van der Waals surface area (Å²) < 4.78 is 0. The van der Waals surface area contributed by atoms with Crippen LogP contribution in [0, 0.1) is 11.8 Å². The first-order chi connectivity index (χ1) is 7.25. The van der Waals surface area contributed by atoms with E-state index in [0.717, 1.165) is 0 Å². The lowest BCUT2D eigenvalue weighted by Crippen LogP contribution is -2.51. The van der Waals surface area contributed by atoms with Gasteiger partial charge in [-0.2, -0.15) is 0 Å². The van der Waals surface area contributed by atoms with Crippen LogP contribution in [0.3, 0.4) is 0 Å². The molecule has 0 aliphatic heterocycles. The van der Waals surface area contributed by atoms with Crippen LogP contribution in [0.15, 0.2) is 0 Å². The molecule has 0 aliphatic rings. The van der Waals surface area contributed by atoms with Gasteiger partial charge in [-0.05, 0) is 18.8 Å². The Bertz CT molecular complexity index is 252. The van der Waals surface area contributed by atoms with Gasteiger partial charge in [0.05, 0.1) is 0 Å². The molecule has 0 saturated carbocycles. The van der Waals surface area contributed by atoms with E-state index < -0.39 is 18.0 Å². The number of carboxylic acid groups (broad SMARTS) is 1. The average Bonchev–Trinajstić information content (AvgIpc) is 2.12. The summed E-state index contributed by atoms with van der Waals surface area (Å²) in [4.78, 5) is 22.3. The number of rotatable bonds is 5. The second kappa shape index (κ2) is 6.35. The summed E-state index contributed by atoms with van der Waals surface area (Å²) in [5.74, 6) is -0.840. The molecule has 3 N–H and O–H groups in total. The quantitative estimate of drug-likeness (QED) is 0.668. The van der Waals surface area contributed by atoms with Crippen LogP contribution in [-0.4, -0.2) is 29.2 Å². The highest BCUT2D eigenvalue weighted by Gasteiger charge is 2.24. The third kappa shape index (κ3) is 5.00. The number of carbonyl (C=O) groups is 2. The van der Waals surface area contributed by atoms with Crippen molar-refractivity contribution in [1.29, 1.82) is 0 Å². The Labute approximate surface area is 96.6 Å². The highest BCUT2D eigenvalue weighted by molar-refractivity contribution is 5.82. The first-order valence-electron chi connectivity index (χ1n) is 5.55. The third-order valence-corrected chi connectivity index (χ3v) is 2.58. The van der Waals surface area contributed by atoms with Crippen LogP contribution in [-0.2, 0) is 4.79 Å². The van der Waals surface area contributed by atoms with Crippen LogP contribution in [0.1, 0.15) is 34.6 Å². The summed E-state index contributed by atoms with van der Waals surface area (Å²) in [5, 5.41) is 14.1. The summed E-state index contributed by atoms with van der Waals surface area (Å²) in [6, 6.07) is -1.26. The molecule has 0 bridgehead atoms. The van der Waals surface area contributed by atoms with Gasteiger partial charge < -0.3 is 15.7 Å². The molecule has 0 aromatic heterocycles. The van der Waals surface area contributed by atoms with Crippen LogP contribution in [0.2, 0.25) is 0 Å². The zero-order valence-electron chi connectivity index (χ0n) is 10.6. The molecule has 94 valence electrons. The van der Waals surface area contributed by atoms with E-state index in [-0.39, 0.29) is 12.0 Å². The number of amides is 2. The van der Waals surface area contributed by atoms with Crippen molar-refractivity contribution in [2.45, 2.75) is 46.7 Å². The van der Waals surface area contributed by atoms with E-state index in [1.807, 2.05) is 20.8 Å². The summed E-state index contributed by atoms with van der Waals surface area (Å²) >= 11 is 0. The zero-order valence-corrected chi connectivity index (χ0v) is 10.6. The predicted octanol–water partition coefficient (Wildman–Crippen LogP) is 1.44. The Balaban J connectivity index is 4.26. The van der Waals surface area contributed by atoms with E-state index in [1.54, 1.807) is 13.8 Å². The molecule has 0 rings (SSSR count). The normalized spacial score (nSPS) is 14.7. The minimum absolute atomic E-state index is 0.0154. The molecule has 0 aromatic rings. The maximum absolute atomic E-state index is 11.5. The second-order valence-corrected chi connectivity index (χ2v) is 4.71. The van der Waals surface area contributed by atoms with Gasteiger partial charge in [-0.15, -0.1) is 0 Å². The van der Waals surface area contributed by atoms with Gasteiger partial charge in [0, 0.05) is 6.04 Å². The van der Waals surface area contributed by atoms with Crippen LogP contribution in [0.25, 0.3) is 0 Å². The number of urea groups is 1. The summed E-state index contributed by atoms with van der Waals surface area (Å²) in [6.07, 6.45) is 0. The van der Waals surface area contributed by atoms with Gasteiger partial charge in [-0.1, -0.05) is 27.7 Å². The van der Waals surface area contributed by atoms with Crippen molar-refractivity contribution in [3.63, 3.8) is 0 Å². The van der Waals surface area contributed by atoms with Crippen molar-refractivity contribution in [3.05, 3.63) is 0 Å². The van der Waals surface area contributed by atoms with Gasteiger partial charge in [0.25, 0.3) is 0 Å². The molecule has 0 radical (unpaired) electrons. The Morgan fingerprint density at radius 2 is 1.44 bits per heavy atom. The Morgan fingerprint density at radius 1 is 0.938 bits per heavy atom. The van der Waals surface area contributed by atoms with E-state index in [9.17, 15) is 9.59 Å². The molecule has 0 saturated heterocycles. The van der Waals surface area contributed by atoms with Crippen molar-refractivity contribution in [2.75, 3.05) is 0 Å². The molecule has 16 heavy (non-hydrogen) atoms. The monoisotopic (exact) mass is 230 g/mol. The standard InChI is InChI=1S/C11H22N2O3/c1-6(2)8(5)12-11(16)13-9(7(3)4)10(14)15/h6-9H,1-5H3,(H,14,15)(H2,12,13,16)/t8?,9-/m0/s1. The fraction of sp³-hybridized carbons (Fsp3) is 0.818. The lowest BCUT2D eigenvalue weighted by atomic mass is 10.0. The largest absolute Gasteiger partial charge is 0.480 e. The maximum atomic E-state index is 11.5. The average molecular weight is 230 g/mol. The number of hydrogen-bond acceptors (Lipinski definition) is 2. The number of carboxylic acids is 1. The third-order valence-electron chi connectivity index (χ3n) is 2.58. The molecule has 5 nitrogen and oxygen atoms in total. The highest BCUT2D eigenvalue weighted by Crippen LogP contribution is 2.03. The second-order valence-electron chi connectivity index (χ2n) is 4.71. The van der Waals surface area contributed by atoms with Crippen molar-refractivity contribution >= 4 is 12.0 Å². The number of nitrogens with one attached hydrogen (secondary N) is 2. The topological polar surface area (TPSA) is 78.4 Å². The first kappa shape index (κ1) is 14.7. The predicted molar refractivity (Wildman–Crippen MR) is 62.2 cm³/mol. The number of aliphatic carboxylic acids is 1. The molecule has 0 aromatic carbocycles. The molecule has 0 aliphatic carbocycles. The van der Waals surface area contributed by atoms with Gasteiger partial charge in [0.2, 0.25) is 0 Å². The van der Waals surface area contributed by atoms with Gasteiger partial charge in [-0.25, -0.2) is 9.59 Å². The smallest absolute Gasteiger partial charge is 0.326 e. The van der Waals surface area contributed by atoms with Crippen LogP contribution < -0.4 is 10.6 Å². The van der Waals surface area contributed by atoms with Crippen LogP contribution >= 0.6 is 0 Å². The van der Waals surface area contributed by atoms with Crippen molar-refractivity contribution < 1.29 is 14.7 Å². The summed E-state index contributed by atoms with van der Waals surface area (Å²) in [7, 11) is 0. The lowest BCUT2D eigenvalue weighted by Gasteiger charge is -2.22. The van der Waals surface area contributed by atoms with Gasteiger partial charge >= 0.3 is 12.0 Å². The van der Waals surface area contributed by atoms with Gasteiger partial charge in [-0.3, -0.25) is 0 Å². The fourth-order valence-corrected chi connectivity index (χ4v) is 1.07. The molecule has 1 unspecified atom stereocenters. The molecule has 5 heteroatoms. The zero-order chi connectivity index (χ0) is 12.9. The number of carbonyl (C=O) groups excluding carboxylic acids is 1. The van der Waals surface area contributed by atoms with Gasteiger partial charge in [0.15, 0.2) is 0 Å². The maximum Gasteiger partial charge on any atom is 0.326 e. The van der Waals surface area contributed by atoms with E-state index in [2.05, 4.69) is 10.6 Å². The highest BCUT2D eigenvalue weighted by atomic mass is 16.4. The molecule has 0 heterocycles. The van der Waals surface area contributed by atoms with Crippen molar-refractivity contribution in [2.24, 2.45) is 11.8 Å². The molecule has 0 spiro atoms. The first-order valence-corrected chi connectivity index (χ1v) is 5.55. The number of hydrogen-bond donors (Lipinski definition) is 3. The lowest BCUT2D eigenvalue weighted by molar-refractivity contribution is -0.140. The van der Waals surface area contributed by atoms with E-state index >= 15 is 0 Å². The van der Waals surface area contributed by atoms with Crippen molar-refractivity contribution in [3.8, 4) is 0 Å². The Hall–Kier alpha value is -1.26. The van der Waals surface area contributed by atoms with Crippen molar-refractivity contribution in [1.82, 2.24) is 10.6 Å². The SMILES string of the molecule is CC(C)C(C)NC(=O)N[C@H](C(=O)O)C(C)C. The fourth-order valence-electron chi connectivity index (χ4n) is 1.07. The summed E-state index contributed by atoms with van der Waals surface area (Å²) in [6.45, 7) is 9.37. The van der Waals surface area contributed by atoms with E-state index in [0.29, 0.717) is 5.92 Å². The van der Waals surface area contributed by atoms with Crippen LogP contribution in [0.5, 0.6) is 0 Å². The van der Waals surface area contributed by atoms with E-state index in [1.165, 1.54) is 0 Å². The minimum Gasteiger partial charge on any atom is -0.480 e. The minimum atomic E-state index is -1.01. The molecule has 0 fully saturated rings. The van der Waals surface area contributed by atoms with E-state index in [4.69, 9.17) is 5.11 Å².